The largest absolute Gasteiger partial charge is 0.497 e. The van der Waals surface area contributed by atoms with Gasteiger partial charge in [-0.15, -0.1) is 11.3 Å². The smallest absolute Gasteiger partial charge is 0.240 e. The van der Waals surface area contributed by atoms with E-state index >= 15 is 0 Å². The minimum Gasteiger partial charge on any atom is -0.497 e. The van der Waals surface area contributed by atoms with E-state index < -0.39 is 10.0 Å². The number of likely N-dealkylation sites (tertiary alicyclic amines) is 1. The van der Waals surface area contributed by atoms with Crippen molar-refractivity contribution in [1.29, 1.82) is 0 Å². The summed E-state index contributed by atoms with van der Waals surface area (Å²) in [5.74, 6) is 1.31. The molecule has 5 nitrogen and oxygen atoms in total. The van der Waals surface area contributed by atoms with E-state index in [1.807, 2.05) is 11.3 Å². The van der Waals surface area contributed by atoms with Gasteiger partial charge in [-0.1, -0.05) is 6.07 Å². The maximum atomic E-state index is 12.3. The van der Waals surface area contributed by atoms with E-state index in [0.717, 1.165) is 32.5 Å². The van der Waals surface area contributed by atoms with Gasteiger partial charge in [0.2, 0.25) is 10.0 Å². The number of benzene rings is 1. The van der Waals surface area contributed by atoms with Gasteiger partial charge in [-0.25, -0.2) is 13.1 Å². The van der Waals surface area contributed by atoms with Crippen molar-refractivity contribution in [2.45, 2.75) is 23.7 Å². The lowest BCUT2D eigenvalue weighted by atomic mass is 9.95. The molecule has 0 radical (unpaired) electrons. The van der Waals surface area contributed by atoms with Crippen LogP contribution in [0.3, 0.4) is 0 Å². The van der Waals surface area contributed by atoms with Crippen LogP contribution < -0.4 is 9.46 Å². The van der Waals surface area contributed by atoms with E-state index in [0.29, 0.717) is 18.2 Å². The molecule has 1 aliphatic heterocycles. The highest BCUT2D eigenvalue weighted by molar-refractivity contribution is 7.89. The summed E-state index contributed by atoms with van der Waals surface area (Å²) in [4.78, 5) is 4.07. The molecule has 1 fully saturated rings. The van der Waals surface area contributed by atoms with E-state index in [-0.39, 0.29) is 4.90 Å². The zero-order chi connectivity index (χ0) is 17.7. The van der Waals surface area contributed by atoms with Gasteiger partial charge in [-0.2, -0.15) is 0 Å². The topological polar surface area (TPSA) is 58.6 Å². The second-order valence-corrected chi connectivity index (χ2v) is 8.95. The van der Waals surface area contributed by atoms with Crippen LogP contribution in [0.2, 0.25) is 0 Å². The zero-order valence-corrected chi connectivity index (χ0v) is 16.0. The maximum Gasteiger partial charge on any atom is 0.240 e. The lowest BCUT2D eigenvalue weighted by molar-refractivity contribution is 0.217. The minimum atomic E-state index is -3.46. The third kappa shape index (κ3) is 4.82. The van der Waals surface area contributed by atoms with Gasteiger partial charge >= 0.3 is 0 Å². The van der Waals surface area contributed by atoms with Gasteiger partial charge < -0.3 is 9.64 Å². The van der Waals surface area contributed by atoms with Crippen LogP contribution in [-0.2, 0) is 10.0 Å². The number of nitrogens with one attached hydrogen (secondary N) is 1. The highest BCUT2D eigenvalue weighted by Crippen LogP contribution is 2.30. The zero-order valence-electron chi connectivity index (χ0n) is 14.3. The molecule has 0 atom stereocenters. The SMILES string of the molecule is COc1ccc(S(=O)(=O)NCCN2CCC(c3cccs3)CC2)cc1. The fourth-order valence-corrected chi connectivity index (χ4v) is 5.06. The molecule has 1 aromatic carbocycles. The lowest BCUT2D eigenvalue weighted by Crippen LogP contribution is -2.39. The quantitative estimate of drug-likeness (QED) is 0.802. The highest BCUT2D eigenvalue weighted by atomic mass is 32.2. The predicted octanol–water partition coefficient (Wildman–Crippen LogP) is 2.91. The van der Waals surface area contributed by atoms with Crippen LogP contribution in [0.4, 0.5) is 0 Å². The second kappa shape index (κ2) is 8.31. The highest BCUT2D eigenvalue weighted by Gasteiger charge is 2.21. The van der Waals surface area contributed by atoms with Crippen LogP contribution >= 0.6 is 11.3 Å². The van der Waals surface area contributed by atoms with Gasteiger partial charge in [0, 0.05) is 18.0 Å². The van der Waals surface area contributed by atoms with Crippen LogP contribution in [0.1, 0.15) is 23.6 Å². The molecule has 0 amide bonds. The third-order valence-electron chi connectivity index (χ3n) is 4.62. The monoisotopic (exact) mass is 380 g/mol. The molecule has 2 heterocycles. The number of sulfonamides is 1. The molecule has 1 saturated heterocycles. The normalized spacial score (nSPS) is 16.8. The first-order valence-electron chi connectivity index (χ1n) is 8.48. The Hall–Kier alpha value is -1.41. The Morgan fingerprint density at radius 2 is 1.92 bits per heavy atom. The van der Waals surface area contributed by atoms with Gasteiger partial charge in [0.15, 0.2) is 0 Å². The maximum absolute atomic E-state index is 12.3. The first-order chi connectivity index (χ1) is 12.1. The molecule has 1 N–H and O–H groups in total. The van der Waals surface area contributed by atoms with Crippen molar-refractivity contribution >= 4 is 21.4 Å². The van der Waals surface area contributed by atoms with E-state index in [9.17, 15) is 8.42 Å². The first-order valence-corrected chi connectivity index (χ1v) is 10.8. The molecule has 25 heavy (non-hydrogen) atoms. The summed E-state index contributed by atoms with van der Waals surface area (Å²) in [5, 5.41) is 2.13. The summed E-state index contributed by atoms with van der Waals surface area (Å²) < 4.78 is 32.4. The molecule has 1 aliphatic rings. The summed E-state index contributed by atoms with van der Waals surface area (Å²) in [6, 6.07) is 10.8. The Labute approximate surface area is 153 Å². The van der Waals surface area contributed by atoms with E-state index in [1.165, 1.54) is 4.88 Å². The fraction of sp³-hybridized carbons (Fsp3) is 0.444. The molecule has 1 aromatic heterocycles. The second-order valence-electron chi connectivity index (χ2n) is 6.20. The number of piperidine rings is 1. The Morgan fingerprint density at radius 1 is 1.20 bits per heavy atom. The predicted molar refractivity (Wildman–Crippen MR) is 101 cm³/mol. The number of hydrogen-bond donors (Lipinski definition) is 1. The third-order valence-corrected chi connectivity index (χ3v) is 7.13. The van der Waals surface area contributed by atoms with Crippen LogP contribution in [0.15, 0.2) is 46.7 Å². The molecule has 3 rings (SSSR count). The molecule has 0 unspecified atom stereocenters. The Balaban J connectivity index is 1.44. The van der Waals surface area contributed by atoms with Crippen LogP contribution in [0.5, 0.6) is 5.75 Å². The average Bonchev–Trinajstić information content (AvgIpc) is 3.17. The Bertz CT molecular complexity index is 750. The van der Waals surface area contributed by atoms with E-state index in [2.05, 4.69) is 27.1 Å². The molecular weight excluding hydrogens is 356 g/mol. The van der Waals surface area contributed by atoms with Crippen molar-refractivity contribution in [2.75, 3.05) is 33.3 Å². The Morgan fingerprint density at radius 3 is 2.52 bits per heavy atom. The number of hydrogen-bond acceptors (Lipinski definition) is 5. The summed E-state index contributed by atoms with van der Waals surface area (Å²) in [5.41, 5.74) is 0. The number of rotatable bonds is 7. The van der Waals surface area contributed by atoms with Crippen molar-refractivity contribution in [3.05, 3.63) is 46.7 Å². The lowest BCUT2D eigenvalue weighted by Gasteiger charge is -2.31. The molecule has 136 valence electrons. The van der Waals surface area contributed by atoms with Crippen molar-refractivity contribution in [2.24, 2.45) is 0 Å². The molecule has 0 saturated carbocycles. The van der Waals surface area contributed by atoms with Crippen molar-refractivity contribution in [3.8, 4) is 5.75 Å². The molecular formula is C18H24N2O3S2. The van der Waals surface area contributed by atoms with Gasteiger partial charge in [0.1, 0.15) is 5.75 Å². The van der Waals surface area contributed by atoms with Crippen LogP contribution in [0, 0.1) is 0 Å². The summed E-state index contributed by atoms with van der Waals surface area (Å²) in [6.45, 7) is 3.21. The van der Waals surface area contributed by atoms with Crippen LogP contribution in [0.25, 0.3) is 0 Å². The number of methoxy groups -OCH3 is 1. The standard InChI is InChI=1S/C18H24N2O3S2/c1-23-16-4-6-17(7-5-16)25(21,22)19-10-13-20-11-8-15(9-12-20)18-3-2-14-24-18/h2-7,14-15,19H,8-13H2,1H3. The van der Waals surface area contributed by atoms with E-state index in [1.54, 1.807) is 31.4 Å². The number of ether oxygens (including phenoxy) is 1. The van der Waals surface area contributed by atoms with Crippen molar-refractivity contribution < 1.29 is 13.2 Å². The van der Waals surface area contributed by atoms with Crippen molar-refractivity contribution in [3.63, 3.8) is 0 Å². The summed E-state index contributed by atoms with van der Waals surface area (Å²) in [7, 11) is -1.90. The molecule has 0 spiro atoms. The average molecular weight is 381 g/mol. The van der Waals surface area contributed by atoms with Crippen LogP contribution in [-0.4, -0.2) is 46.6 Å². The van der Waals surface area contributed by atoms with Gasteiger partial charge in [-0.3, -0.25) is 0 Å². The number of thiophene rings is 1. The van der Waals surface area contributed by atoms with Gasteiger partial charge in [0.05, 0.1) is 12.0 Å². The Kier molecular flexibility index (Phi) is 6.11. The van der Waals surface area contributed by atoms with E-state index in [4.69, 9.17) is 4.74 Å². The number of nitrogens with zero attached hydrogens (tertiary/aromatic N) is 1. The molecule has 0 bridgehead atoms. The van der Waals surface area contributed by atoms with Gasteiger partial charge in [-0.05, 0) is 67.6 Å². The molecule has 2 aromatic rings. The fourth-order valence-electron chi connectivity index (χ4n) is 3.14. The molecule has 7 heteroatoms. The minimum absolute atomic E-state index is 0.268. The summed E-state index contributed by atoms with van der Waals surface area (Å²) in [6.07, 6.45) is 2.29. The van der Waals surface area contributed by atoms with Gasteiger partial charge in [0.25, 0.3) is 0 Å². The van der Waals surface area contributed by atoms with Crippen molar-refractivity contribution in [1.82, 2.24) is 9.62 Å². The summed E-state index contributed by atoms with van der Waals surface area (Å²) >= 11 is 1.83. The first kappa shape index (κ1) is 18.4. The molecule has 0 aliphatic carbocycles.